The molecule has 3 heterocycles. The molecule has 3 saturated heterocycles. The number of carbonyl (C=O) groups excluding carboxylic acids is 1. The number of hydrogen-bond donors (Lipinski definition) is 3. The van der Waals surface area contributed by atoms with Crippen LogP contribution in [0.25, 0.3) is 0 Å². The summed E-state index contributed by atoms with van der Waals surface area (Å²) in [6, 6.07) is 8.97. The van der Waals surface area contributed by atoms with Crippen LogP contribution in [-0.2, 0) is 20.1 Å². The molecule has 0 saturated carbocycles. The van der Waals surface area contributed by atoms with Gasteiger partial charge in [-0.1, -0.05) is 30.3 Å². The molecule has 3 N–H and O–H groups in total. The van der Waals surface area contributed by atoms with Gasteiger partial charge in [0.15, 0.2) is 0 Å². The fourth-order valence-electron chi connectivity index (χ4n) is 4.73. The highest BCUT2D eigenvalue weighted by atomic mass is 16.6. The monoisotopic (exact) mass is 417 g/mol. The van der Waals surface area contributed by atoms with Crippen molar-refractivity contribution < 1.29 is 19.4 Å². The number of amides is 1. The molecule has 0 bridgehead atoms. The van der Waals surface area contributed by atoms with E-state index < -0.39 is 11.8 Å². The summed E-state index contributed by atoms with van der Waals surface area (Å²) in [5, 5.41) is 18.5. The number of nitrogens with one attached hydrogen (secondary N) is 2. The molecule has 3 aliphatic rings. The third-order valence-electron chi connectivity index (χ3n) is 6.56. The molecule has 1 amide bonds. The van der Waals surface area contributed by atoms with Crippen LogP contribution in [0, 0.1) is 5.92 Å². The van der Waals surface area contributed by atoms with Crippen LogP contribution in [0.1, 0.15) is 37.7 Å². The van der Waals surface area contributed by atoms with Gasteiger partial charge in [0.2, 0.25) is 11.7 Å². The van der Waals surface area contributed by atoms with E-state index in [1.807, 2.05) is 30.3 Å². The molecule has 3 fully saturated rings. The van der Waals surface area contributed by atoms with Crippen molar-refractivity contribution in [3.05, 3.63) is 35.9 Å². The number of ether oxygens (including phenoxy) is 2. The second-order valence-corrected chi connectivity index (χ2v) is 8.75. The van der Waals surface area contributed by atoms with Gasteiger partial charge in [-0.25, -0.2) is 0 Å². The van der Waals surface area contributed by atoms with Gasteiger partial charge in [0, 0.05) is 31.9 Å². The standard InChI is InChI=1S/C23H35N3O4/c27-22(18-8-11-24-16-18)25-21(17-26-12-4-5-13-26)23(28,19-6-2-1-3-7-19)30-20-9-14-29-15-10-20/h1-3,6-7,18,20-21,24,28H,4-5,8-17H2,(H,25,27). The van der Waals surface area contributed by atoms with Crippen molar-refractivity contribution in [3.8, 4) is 0 Å². The predicted octanol–water partition coefficient (Wildman–Crippen LogP) is 1.22. The smallest absolute Gasteiger partial charge is 0.224 e. The Balaban J connectivity index is 1.60. The van der Waals surface area contributed by atoms with Gasteiger partial charge in [0.25, 0.3) is 0 Å². The van der Waals surface area contributed by atoms with Crippen molar-refractivity contribution in [3.63, 3.8) is 0 Å². The van der Waals surface area contributed by atoms with E-state index in [2.05, 4.69) is 15.5 Å². The van der Waals surface area contributed by atoms with Crippen molar-refractivity contribution in [1.29, 1.82) is 0 Å². The predicted molar refractivity (Wildman–Crippen MR) is 114 cm³/mol. The molecule has 166 valence electrons. The molecule has 7 heteroatoms. The molecule has 4 rings (SSSR count). The molecule has 0 aromatic heterocycles. The minimum Gasteiger partial charge on any atom is -0.381 e. The lowest BCUT2D eigenvalue weighted by atomic mass is 9.95. The van der Waals surface area contributed by atoms with Gasteiger partial charge in [0.05, 0.1) is 18.1 Å². The summed E-state index contributed by atoms with van der Waals surface area (Å²) >= 11 is 0. The summed E-state index contributed by atoms with van der Waals surface area (Å²) < 4.78 is 11.9. The molecule has 0 spiro atoms. The molecule has 3 atom stereocenters. The van der Waals surface area contributed by atoms with E-state index in [4.69, 9.17) is 9.47 Å². The summed E-state index contributed by atoms with van der Waals surface area (Å²) in [5.41, 5.74) is 0.686. The summed E-state index contributed by atoms with van der Waals surface area (Å²) in [6.07, 6.45) is 4.51. The molecule has 1 aromatic carbocycles. The fraction of sp³-hybridized carbons (Fsp3) is 0.696. The minimum atomic E-state index is -1.59. The zero-order valence-electron chi connectivity index (χ0n) is 17.7. The summed E-state index contributed by atoms with van der Waals surface area (Å²) in [5.74, 6) is -1.66. The number of carbonyl (C=O) groups is 1. The van der Waals surface area contributed by atoms with Gasteiger partial charge in [-0.3, -0.25) is 4.79 Å². The zero-order chi connectivity index (χ0) is 20.8. The Kier molecular flexibility index (Phi) is 7.38. The first-order chi connectivity index (χ1) is 14.6. The normalized spacial score (nSPS) is 26.4. The van der Waals surface area contributed by atoms with Crippen LogP contribution < -0.4 is 10.6 Å². The van der Waals surface area contributed by atoms with Gasteiger partial charge in [-0.2, -0.15) is 0 Å². The van der Waals surface area contributed by atoms with Crippen LogP contribution >= 0.6 is 0 Å². The van der Waals surface area contributed by atoms with E-state index in [1.54, 1.807) is 0 Å². The Morgan fingerprint density at radius 1 is 1.23 bits per heavy atom. The van der Waals surface area contributed by atoms with Crippen molar-refractivity contribution in [2.45, 2.75) is 50.0 Å². The second-order valence-electron chi connectivity index (χ2n) is 8.75. The molecule has 0 radical (unpaired) electrons. The number of hydrogen-bond acceptors (Lipinski definition) is 6. The van der Waals surface area contributed by atoms with Crippen LogP contribution in [0.2, 0.25) is 0 Å². The van der Waals surface area contributed by atoms with E-state index in [9.17, 15) is 9.90 Å². The summed E-state index contributed by atoms with van der Waals surface area (Å²) in [7, 11) is 0. The maximum atomic E-state index is 13.0. The first-order valence-corrected chi connectivity index (χ1v) is 11.4. The highest BCUT2D eigenvalue weighted by Crippen LogP contribution is 2.32. The molecule has 3 aliphatic heterocycles. The lowest BCUT2D eigenvalue weighted by molar-refractivity contribution is -0.267. The molecule has 0 aliphatic carbocycles. The van der Waals surface area contributed by atoms with Gasteiger partial charge >= 0.3 is 0 Å². The topological polar surface area (TPSA) is 83.1 Å². The number of aliphatic hydroxyl groups is 1. The average molecular weight is 418 g/mol. The Morgan fingerprint density at radius 2 is 1.97 bits per heavy atom. The van der Waals surface area contributed by atoms with Crippen molar-refractivity contribution in [2.24, 2.45) is 5.92 Å². The van der Waals surface area contributed by atoms with Crippen molar-refractivity contribution >= 4 is 5.91 Å². The van der Waals surface area contributed by atoms with Crippen molar-refractivity contribution in [1.82, 2.24) is 15.5 Å². The number of benzene rings is 1. The Labute approximate surface area is 179 Å². The first kappa shape index (κ1) is 21.7. The van der Waals surface area contributed by atoms with Crippen LogP contribution in [-0.4, -0.2) is 74.0 Å². The van der Waals surface area contributed by atoms with E-state index in [0.717, 1.165) is 51.7 Å². The number of rotatable bonds is 8. The van der Waals surface area contributed by atoms with Crippen LogP contribution in [0.15, 0.2) is 30.3 Å². The molecule has 7 nitrogen and oxygen atoms in total. The second kappa shape index (κ2) is 10.2. The lowest BCUT2D eigenvalue weighted by Gasteiger charge is -2.41. The van der Waals surface area contributed by atoms with Gasteiger partial charge in [-0.15, -0.1) is 0 Å². The number of likely N-dealkylation sites (tertiary alicyclic amines) is 1. The van der Waals surface area contributed by atoms with E-state index in [0.29, 0.717) is 31.9 Å². The van der Waals surface area contributed by atoms with E-state index >= 15 is 0 Å². The molecule has 3 unspecified atom stereocenters. The maximum absolute atomic E-state index is 13.0. The molecular formula is C23H35N3O4. The Hall–Kier alpha value is -1.51. The summed E-state index contributed by atoms with van der Waals surface area (Å²) in [6.45, 7) is 5.35. The Bertz CT molecular complexity index is 670. The average Bonchev–Trinajstić information content (AvgIpc) is 3.49. The van der Waals surface area contributed by atoms with Crippen LogP contribution in [0.3, 0.4) is 0 Å². The maximum Gasteiger partial charge on any atom is 0.224 e. The van der Waals surface area contributed by atoms with Crippen LogP contribution in [0.5, 0.6) is 0 Å². The third-order valence-corrected chi connectivity index (χ3v) is 6.56. The largest absolute Gasteiger partial charge is 0.381 e. The van der Waals surface area contributed by atoms with Gasteiger partial charge in [0.1, 0.15) is 0 Å². The highest BCUT2D eigenvalue weighted by Gasteiger charge is 2.44. The summed E-state index contributed by atoms with van der Waals surface area (Å²) in [4.78, 5) is 15.4. The quantitative estimate of drug-likeness (QED) is 0.552. The van der Waals surface area contributed by atoms with Crippen molar-refractivity contribution in [2.75, 3.05) is 45.9 Å². The third kappa shape index (κ3) is 5.21. The molecule has 1 aromatic rings. The fourth-order valence-corrected chi connectivity index (χ4v) is 4.73. The SMILES string of the molecule is O=C(NC(CN1CCCC1)C(O)(OC1CCOCC1)c1ccccc1)C1CCNC1. The first-order valence-electron chi connectivity index (χ1n) is 11.4. The molecular weight excluding hydrogens is 382 g/mol. The Morgan fingerprint density at radius 3 is 2.63 bits per heavy atom. The highest BCUT2D eigenvalue weighted by molar-refractivity contribution is 5.79. The van der Waals surface area contributed by atoms with Gasteiger partial charge in [-0.05, 0) is 51.7 Å². The van der Waals surface area contributed by atoms with E-state index in [-0.39, 0.29) is 17.9 Å². The van der Waals surface area contributed by atoms with Crippen LogP contribution in [0.4, 0.5) is 0 Å². The number of nitrogens with zero attached hydrogens (tertiary/aromatic N) is 1. The lowest BCUT2D eigenvalue weighted by Crippen LogP contribution is -2.59. The van der Waals surface area contributed by atoms with Gasteiger partial charge < -0.3 is 30.1 Å². The molecule has 30 heavy (non-hydrogen) atoms. The zero-order valence-corrected chi connectivity index (χ0v) is 17.7. The minimum absolute atomic E-state index is 0.00543. The van der Waals surface area contributed by atoms with E-state index in [1.165, 1.54) is 0 Å².